The quantitative estimate of drug-likeness (QED) is 0.868. The van der Waals surface area contributed by atoms with Gasteiger partial charge in [-0.05, 0) is 63.0 Å². The third-order valence-corrected chi connectivity index (χ3v) is 3.90. The van der Waals surface area contributed by atoms with Gasteiger partial charge in [0.2, 0.25) is 5.91 Å². The summed E-state index contributed by atoms with van der Waals surface area (Å²) in [7, 11) is 0. The Hall–Kier alpha value is -1.55. The van der Waals surface area contributed by atoms with Crippen molar-refractivity contribution in [3.63, 3.8) is 0 Å². The predicted octanol–water partition coefficient (Wildman–Crippen LogP) is 2.46. The molecule has 0 bridgehead atoms. The number of nitrogens with one attached hydrogen (secondary N) is 1. The Bertz CT molecular complexity index is 430. The van der Waals surface area contributed by atoms with Crippen molar-refractivity contribution >= 4 is 11.6 Å². The van der Waals surface area contributed by atoms with Crippen LogP contribution in [-0.4, -0.2) is 36.5 Å². The Balaban J connectivity index is 1.88. The van der Waals surface area contributed by atoms with Gasteiger partial charge in [0.25, 0.3) is 0 Å². The number of hydrogen-bond acceptors (Lipinski definition) is 3. The van der Waals surface area contributed by atoms with Gasteiger partial charge >= 0.3 is 0 Å². The van der Waals surface area contributed by atoms with Gasteiger partial charge in [0.15, 0.2) is 0 Å². The number of hydrogen-bond donors (Lipinski definition) is 2. The maximum absolute atomic E-state index is 11.0. The number of benzene rings is 1. The van der Waals surface area contributed by atoms with Gasteiger partial charge in [-0.15, -0.1) is 0 Å². The minimum Gasteiger partial charge on any atom is -0.382 e. The van der Waals surface area contributed by atoms with Crippen molar-refractivity contribution in [2.75, 3.05) is 25.0 Å². The van der Waals surface area contributed by atoms with Crippen molar-refractivity contribution in [1.82, 2.24) is 4.90 Å². The van der Waals surface area contributed by atoms with Crippen LogP contribution in [0.3, 0.4) is 0 Å². The molecule has 4 nitrogen and oxygen atoms in total. The molecule has 0 aliphatic carbocycles. The SMILES string of the molecule is CCCN1CCCC(Nc2ccc(C(N)=O)cc2)CC1. The first-order valence-electron chi connectivity index (χ1n) is 7.58. The Labute approximate surface area is 121 Å². The lowest BCUT2D eigenvalue weighted by atomic mass is 10.1. The number of rotatable bonds is 5. The van der Waals surface area contributed by atoms with Crippen molar-refractivity contribution in [3.8, 4) is 0 Å². The van der Waals surface area contributed by atoms with Gasteiger partial charge in [-0.2, -0.15) is 0 Å². The second-order valence-corrected chi connectivity index (χ2v) is 5.56. The molecule has 0 saturated carbocycles. The van der Waals surface area contributed by atoms with Crippen molar-refractivity contribution in [1.29, 1.82) is 0 Å². The van der Waals surface area contributed by atoms with Crippen molar-refractivity contribution in [2.24, 2.45) is 5.73 Å². The predicted molar refractivity (Wildman–Crippen MR) is 83.0 cm³/mol. The number of primary amides is 1. The molecule has 0 aromatic heterocycles. The summed E-state index contributed by atoms with van der Waals surface area (Å²) in [6.45, 7) is 5.83. The summed E-state index contributed by atoms with van der Waals surface area (Å²) in [5.41, 5.74) is 6.88. The highest BCUT2D eigenvalue weighted by atomic mass is 16.1. The normalized spacial score (nSPS) is 20.4. The molecule has 1 amide bonds. The molecular formula is C16H25N3O. The van der Waals surface area contributed by atoms with Crippen molar-refractivity contribution in [2.45, 2.75) is 38.6 Å². The molecule has 1 atom stereocenters. The zero-order chi connectivity index (χ0) is 14.4. The van der Waals surface area contributed by atoms with E-state index < -0.39 is 0 Å². The van der Waals surface area contributed by atoms with E-state index in [4.69, 9.17) is 5.73 Å². The fourth-order valence-electron chi connectivity index (χ4n) is 2.81. The topological polar surface area (TPSA) is 58.4 Å². The van der Waals surface area contributed by atoms with Gasteiger partial charge < -0.3 is 16.0 Å². The number of nitrogens with zero attached hydrogens (tertiary/aromatic N) is 1. The molecule has 0 radical (unpaired) electrons. The molecule has 4 heteroatoms. The zero-order valence-corrected chi connectivity index (χ0v) is 12.3. The lowest BCUT2D eigenvalue weighted by Crippen LogP contribution is -2.27. The maximum atomic E-state index is 11.0. The maximum Gasteiger partial charge on any atom is 0.248 e. The van der Waals surface area contributed by atoms with Crippen LogP contribution in [0.4, 0.5) is 5.69 Å². The Morgan fingerprint density at radius 3 is 2.70 bits per heavy atom. The van der Waals surface area contributed by atoms with E-state index in [1.807, 2.05) is 12.1 Å². The third kappa shape index (κ3) is 4.23. The first-order valence-corrected chi connectivity index (χ1v) is 7.58. The summed E-state index contributed by atoms with van der Waals surface area (Å²) < 4.78 is 0. The van der Waals surface area contributed by atoms with E-state index in [0.29, 0.717) is 11.6 Å². The van der Waals surface area contributed by atoms with Crippen LogP contribution in [0.1, 0.15) is 43.0 Å². The summed E-state index contributed by atoms with van der Waals surface area (Å²) in [6, 6.07) is 7.97. The number of nitrogens with two attached hydrogens (primary N) is 1. The highest BCUT2D eigenvalue weighted by Gasteiger charge is 2.16. The monoisotopic (exact) mass is 275 g/mol. The number of anilines is 1. The number of carbonyl (C=O) groups is 1. The molecule has 1 aliphatic rings. The van der Waals surface area contributed by atoms with Crippen LogP contribution in [0, 0.1) is 0 Å². The average Bonchev–Trinajstić information content (AvgIpc) is 2.66. The molecule has 1 heterocycles. The molecule has 20 heavy (non-hydrogen) atoms. The summed E-state index contributed by atoms with van der Waals surface area (Å²) in [6.07, 6.45) is 4.86. The van der Waals surface area contributed by atoms with E-state index in [2.05, 4.69) is 17.1 Å². The van der Waals surface area contributed by atoms with Gasteiger partial charge in [-0.25, -0.2) is 0 Å². The van der Waals surface area contributed by atoms with Crippen LogP contribution in [0.15, 0.2) is 24.3 Å². The molecular weight excluding hydrogens is 250 g/mol. The Kier molecular flexibility index (Phi) is 5.41. The van der Waals surface area contributed by atoms with Gasteiger partial charge in [-0.1, -0.05) is 6.92 Å². The summed E-state index contributed by atoms with van der Waals surface area (Å²) in [5.74, 6) is -0.374. The molecule has 1 saturated heterocycles. The molecule has 1 aliphatic heterocycles. The fourth-order valence-corrected chi connectivity index (χ4v) is 2.81. The molecule has 2 rings (SSSR count). The molecule has 0 spiro atoms. The Morgan fingerprint density at radius 1 is 1.30 bits per heavy atom. The van der Waals surface area contributed by atoms with Crippen LogP contribution >= 0.6 is 0 Å². The second-order valence-electron chi connectivity index (χ2n) is 5.56. The summed E-state index contributed by atoms with van der Waals surface area (Å²) >= 11 is 0. The highest BCUT2D eigenvalue weighted by Crippen LogP contribution is 2.17. The standard InChI is InChI=1S/C16H25N3O/c1-2-10-19-11-3-4-14(9-12-19)18-15-7-5-13(6-8-15)16(17)20/h5-8,14,18H,2-4,9-12H2,1H3,(H2,17,20). The smallest absolute Gasteiger partial charge is 0.248 e. The molecule has 1 aromatic carbocycles. The minimum atomic E-state index is -0.374. The number of amides is 1. The van der Waals surface area contributed by atoms with Crippen LogP contribution in [0.25, 0.3) is 0 Å². The Morgan fingerprint density at radius 2 is 2.05 bits per heavy atom. The van der Waals surface area contributed by atoms with Crippen molar-refractivity contribution in [3.05, 3.63) is 29.8 Å². The number of carbonyl (C=O) groups excluding carboxylic acids is 1. The van der Waals surface area contributed by atoms with Crippen LogP contribution in [0.2, 0.25) is 0 Å². The third-order valence-electron chi connectivity index (χ3n) is 3.90. The van der Waals surface area contributed by atoms with Gasteiger partial charge in [0.05, 0.1) is 0 Å². The van der Waals surface area contributed by atoms with E-state index in [1.54, 1.807) is 12.1 Å². The fraction of sp³-hybridized carbons (Fsp3) is 0.562. The van der Waals surface area contributed by atoms with Crippen molar-refractivity contribution < 1.29 is 4.79 Å². The van der Waals surface area contributed by atoms with Crippen LogP contribution in [0.5, 0.6) is 0 Å². The van der Waals surface area contributed by atoms with Gasteiger partial charge in [0.1, 0.15) is 0 Å². The first-order chi connectivity index (χ1) is 9.69. The van der Waals surface area contributed by atoms with E-state index in [0.717, 1.165) is 5.69 Å². The molecule has 1 fully saturated rings. The van der Waals surface area contributed by atoms with E-state index in [9.17, 15) is 4.79 Å². The van der Waals surface area contributed by atoms with E-state index in [1.165, 1.54) is 45.3 Å². The molecule has 1 unspecified atom stereocenters. The molecule has 1 aromatic rings. The summed E-state index contributed by atoms with van der Waals surface area (Å²) in [5, 5.41) is 3.57. The van der Waals surface area contributed by atoms with Crippen LogP contribution < -0.4 is 11.1 Å². The minimum absolute atomic E-state index is 0.374. The second kappa shape index (κ2) is 7.29. The molecule has 110 valence electrons. The van der Waals surface area contributed by atoms with E-state index >= 15 is 0 Å². The average molecular weight is 275 g/mol. The lowest BCUT2D eigenvalue weighted by Gasteiger charge is -2.20. The van der Waals surface area contributed by atoms with Crippen LogP contribution in [-0.2, 0) is 0 Å². The largest absolute Gasteiger partial charge is 0.382 e. The molecule has 3 N–H and O–H groups in total. The first kappa shape index (κ1) is 14.9. The highest BCUT2D eigenvalue weighted by molar-refractivity contribution is 5.93. The lowest BCUT2D eigenvalue weighted by molar-refractivity contribution is 0.100. The van der Waals surface area contributed by atoms with E-state index in [-0.39, 0.29) is 5.91 Å². The zero-order valence-electron chi connectivity index (χ0n) is 12.3. The summed E-state index contributed by atoms with van der Waals surface area (Å²) in [4.78, 5) is 13.6. The van der Waals surface area contributed by atoms with Gasteiger partial charge in [-0.3, -0.25) is 4.79 Å². The number of likely N-dealkylation sites (tertiary alicyclic amines) is 1. The van der Waals surface area contributed by atoms with Gasteiger partial charge in [0, 0.05) is 23.8 Å².